The number of primary amides is 1. The molecule has 9 heteroatoms. The molecular weight excluding hydrogens is 466 g/mol. The summed E-state index contributed by atoms with van der Waals surface area (Å²) in [5.41, 5.74) is 9.53. The van der Waals surface area contributed by atoms with Gasteiger partial charge in [0, 0.05) is 35.1 Å². The van der Waals surface area contributed by atoms with Gasteiger partial charge in [-0.2, -0.15) is 0 Å². The maximum absolute atomic E-state index is 13.6. The van der Waals surface area contributed by atoms with Gasteiger partial charge in [0.05, 0.1) is 13.2 Å². The largest absolute Gasteiger partial charge is 0.492 e. The number of para-hydroxylation sites is 1. The van der Waals surface area contributed by atoms with Crippen LogP contribution in [0, 0.1) is 0 Å². The van der Waals surface area contributed by atoms with Gasteiger partial charge in [-0.25, -0.2) is 13.1 Å². The van der Waals surface area contributed by atoms with Gasteiger partial charge in [-0.05, 0) is 52.9 Å². The van der Waals surface area contributed by atoms with Crippen molar-refractivity contribution >= 4 is 26.8 Å². The van der Waals surface area contributed by atoms with Crippen LogP contribution in [0.25, 0.3) is 22.0 Å². The van der Waals surface area contributed by atoms with E-state index in [1.807, 2.05) is 36.5 Å². The maximum atomic E-state index is 13.6. The van der Waals surface area contributed by atoms with Gasteiger partial charge in [0.2, 0.25) is 15.9 Å². The van der Waals surface area contributed by atoms with E-state index >= 15 is 0 Å². The lowest BCUT2D eigenvalue weighted by Crippen LogP contribution is -2.39. The average Bonchev–Trinajstić information content (AvgIpc) is 3.50. The maximum Gasteiger partial charge on any atom is 0.249 e. The second kappa shape index (κ2) is 9.18. The number of aliphatic hydroxyl groups excluding tert-OH is 1. The summed E-state index contributed by atoms with van der Waals surface area (Å²) in [7, 11) is -4.08. The third kappa shape index (κ3) is 4.41. The Kier molecular flexibility index (Phi) is 6.06. The van der Waals surface area contributed by atoms with Crippen LogP contribution < -0.4 is 15.2 Å². The summed E-state index contributed by atoms with van der Waals surface area (Å²) in [4.78, 5) is 15.1. The summed E-state index contributed by atoms with van der Waals surface area (Å²) in [6, 6.07) is 17.1. The van der Waals surface area contributed by atoms with Gasteiger partial charge in [-0.15, -0.1) is 0 Å². The molecule has 180 valence electrons. The van der Waals surface area contributed by atoms with E-state index < -0.39 is 22.0 Å². The summed E-state index contributed by atoms with van der Waals surface area (Å²) in [5.74, 6) is -0.305. The Morgan fingerprint density at radius 3 is 2.71 bits per heavy atom. The van der Waals surface area contributed by atoms with Crippen LogP contribution in [0.15, 0.2) is 71.8 Å². The molecule has 1 aliphatic heterocycles. The van der Waals surface area contributed by atoms with Crippen LogP contribution in [0.2, 0.25) is 0 Å². The Hall–Kier alpha value is -3.66. The minimum atomic E-state index is -4.08. The van der Waals surface area contributed by atoms with Crippen LogP contribution >= 0.6 is 0 Å². The van der Waals surface area contributed by atoms with Crippen molar-refractivity contribution in [3.63, 3.8) is 0 Å². The normalized spacial score (nSPS) is 14.0. The highest BCUT2D eigenvalue weighted by atomic mass is 32.2. The predicted molar refractivity (Wildman–Crippen MR) is 133 cm³/mol. The average molecular weight is 492 g/mol. The molecule has 5 rings (SSSR count). The van der Waals surface area contributed by atoms with Crippen molar-refractivity contribution in [2.24, 2.45) is 5.73 Å². The number of carbonyl (C=O) groups excluding carboxylic acids is 1. The number of ether oxygens (including phenoxy) is 1. The standard InChI is InChI=1S/C26H25N3O5S/c27-26(31)22-7-2-1-5-20(22)17-11-16-9-10-34-25(16)24(13-17)35(32,33)29-19(15-30)12-18-14-28-23-8-4-3-6-21(18)23/h1-8,11,13-14,19,28-30H,9-10,12,15H2,(H2,27,31)/t19-/m0/s1. The van der Waals surface area contributed by atoms with Crippen molar-refractivity contribution < 1.29 is 23.1 Å². The molecule has 0 unspecified atom stereocenters. The molecule has 5 N–H and O–H groups in total. The van der Waals surface area contributed by atoms with Crippen molar-refractivity contribution in [3.05, 3.63) is 83.6 Å². The molecule has 2 heterocycles. The first-order valence-corrected chi connectivity index (χ1v) is 12.7. The fourth-order valence-electron chi connectivity index (χ4n) is 4.57. The molecule has 0 bridgehead atoms. The number of carbonyl (C=O) groups is 1. The lowest BCUT2D eigenvalue weighted by Gasteiger charge is -2.19. The van der Waals surface area contributed by atoms with Crippen molar-refractivity contribution in [1.82, 2.24) is 9.71 Å². The second-order valence-corrected chi connectivity index (χ2v) is 10.2. The number of rotatable bonds is 8. The molecular formula is C26H25N3O5S. The van der Waals surface area contributed by atoms with E-state index in [0.29, 0.717) is 41.9 Å². The smallest absolute Gasteiger partial charge is 0.249 e. The van der Waals surface area contributed by atoms with Gasteiger partial charge in [0.15, 0.2) is 0 Å². The number of aromatic nitrogens is 1. The number of benzene rings is 3. The Bertz CT molecular complexity index is 1530. The number of nitrogens with one attached hydrogen (secondary N) is 2. The fourth-order valence-corrected chi connectivity index (χ4v) is 6.01. The van der Waals surface area contributed by atoms with Gasteiger partial charge < -0.3 is 20.6 Å². The lowest BCUT2D eigenvalue weighted by molar-refractivity contribution is 0.100. The zero-order valence-electron chi connectivity index (χ0n) is 18.8. The first-order valence-electron chi connectivity index (χ1n) is 11.2. The van der Waals surface area contributed by atoms with Crippen LogP contribution in [0.1, 0.15) is 21.5 Å². The number of aromatic amines is 1. The van der Waals surface area contributed by atoms with Crippen LogP contribution in [0.3, 0.4) is 0 Å². The lowest BCUT2D eigenvalue weighted by atomic mass is 9.97. The van der Waals surface area contributed by atoms with Crippen molar-refractivity contribution in [1.29, 1.82) is 0 Å². The monoisotopic (exact) mass is 491 g/mol. The predicted octanol–water partition coefficient (Wildman–Crippen LogP) is 2.75. The van der Waals surface area contributed by atoms with Crippen molar-refractivity contribution in [2.75, 3.05) is 13.2 Å². The van der Waals surface area contributed by atoms with Crippen LogP contribution in [0.5, 0.6) is 5.75 Å². The second-order valence-electron chi connectivity index (χ2n) is 8.54. The highest BCUT2D eigenvalue weighted by molar-refractivity contribution is 7.89. The summed E-state index contributed by atoms with van der Waals surface area (Å²) in [6.07, 6.45) is 2.67. The Morgan fingerprint density at radius 2 is 1.91 bits per heavy atom. The molecule has 0 radical (unpaired) electrons. The Balaban J connectivity index is 1.51. The number of hydrogen-bond donors (Lipinski definition) is 4. The molecule has 1 amide bonds. The number of hydrogen-bond acceptors (Lipinski definition) is 5. The summed E-state index contributed by atoms with van der Waals surface area (Å²) in [5, 5.41) is 11.0. The minimum absolute atomic E-state index is 0.0286. The summed E-state index contributed by atoms with van der Waals surface area (Å²) in [6.45, 7) is -0.0243. The number of aliphatic hydroxyl groups is 1. The van der Waals surface area contributed by atoms with Crippen LogP contribution in [0.4, 0.5) is 0 Å². The van der Waals surface area contributed by atoms with Crippen molar-refractivity contribution in [3.8, 4) is 16.9 Å². The molecule has 1 aromatic heterocycles. The van der Waals surface area contributed by atoms with E-state index in [1.54, 1.807) is 24.3 Å². The molecule has 0 aliphatic carbocycles. The van der Waals surface area contributed by atoms with Gasteiger partial charge in [-0.1, -0.05) is 36.4 Å². The molecule has 3 aromatic carbocycles. The topological polar surface area (TPSA) is 135 Å². The van der Waals surface area contributed by atoms with Gasteiger partial charge in [0.1, 0.15) is 10.6 Å². The molecule has 0 spiro atoms. The molecule has 8 nitrogen and oxygen atoms in total. The third-order valence-corrected chi connectivity index (χ3v) is 7.75. The van der Waals surface area contributed by atoms with Crippen molar-refractivity contribution in [2.45, 2.75) is 23.8 Å². The molecule has 0 fully saturated rings. The third-order valence-electron chi connectivity index (χ3n) is 6.23. The first-order chi connectivity index (χ1) is 16.9. The summed E-state index contributed by atoms with van der Waals surface area (Å²) >= 11 is 0. The van der Waals surface area contributed by atoms with E-state index in [0.717, 1.165) is 22.0 Å². The number of sulfonamides is 1. The number of fused-ring (bicyclic) bond motifs is 2. The fraction of sp³-hybridized carbons (Fsp3) is 0.192. The van der Waals surface area contributed by atoms with Crippen LogP contribution in [-0.4, -0.2) is 43.7 Å². The van der Waals surface area contributed by atoms with E-state index in [1.165, 1.54) is 6.07 Å². The minimum Gasteiger partial charge on any atom is -0.492 e. The van der Waals surface area contributed by atoms with Gasteiger partial charge in [-0.3, -0.25) is 4.79 Å². The molecule has 0 saturated carbocycles. The highest BCUT2D eigenvalue weighted by Gasteiger charge is 2.29. The first kappa shape index (κ1) is 23.1. The van der Waals surface area contributed by atoms with Gasteiger partial charge >= 0.3 is 0 Å². The molecule has 35 heavy (non-hydrogen) atoms. The zero-order valence-corrected chi connectivity index (χ0v) is 19.6. The molecule has 4 aromatic rings. The SMILES string of the molecule is NC(=O)c1ccccc1-c1cc2c(c(S(=O)(=O)N[C@H](CO)Cc3c[nH]c4ccccc34)c1)OCC2. The highest BCUT2D eigenvalue weighted by Crippen LogP contribution is 2.38. The quantitative estimate of drug-likeness (QED) is 0.301. The Morgan fingerprint density at radius 1 is 1.14 bits per heavy atom. The van der Waals surface area contributed by atoms with E-state index in [2.05, 4.69) is 9.71 Å². The van der Waals surface area contributed by atoms with E-state index in [4.69, 9.17) is 10.5 Å². The molecule has 1 aliphatic rings. The summed E-state index contributed by atoms with van der Waals surface area (Å²) < 4.78 is 35.4. The molecule has 0 saturated heterocycles. The van der Waals surface area contributed by atoms with E-state index in [9.17, 15) is 18.3 Å². The number of amides is 1. The molecule has 1 atom stereocenters. The van der Waals surface area contributed by atoms with Gasteiger partial charge in [0.25, 0.3) is 0 Å². The number of H-pyrrole nitrogens is 1. The zero-order chi connectivity index (χ0) is 24.6. The number of nitrogens with two attached hydrogens (primary N) is 1. The van der Waals surface area contributed by atoms with Crippen LogP contribution in [-0.2, 0) is 22.9 Å². The Labute approximate surface area is 202 Å². The van der Waals surface area contributed by atoms with E-state index in [-0.39, 0.29) is 11.5 Å².